The van der Waals surface area contributed by atoms with Crippen LogP contribution in [-0.2, 0) is 0 Å². The van der Waals surface area contributed by atoms with Crippen molar-refractivity contribution in [1.29, 1.82) is 0 Å². The number of carboxylic acid groups (broad SMARTS) is 1. The van der Waals surface area contributed by atoms with E-state index in [0.717, 1.165) is 11.3 Å². The quantitative estimate of drug-likeness (QED) is 0.849. The minimum Gasteiger partial charge on any atom is -0.508 e. The summed E-state index contributed by atoms with van der Waals surface area (Å²) in [6, 6.07) is 4.83. The fraction of sp³-hybridized carbons (Fsp3) is 0.533. The molecule has 2 atom stereocenters. The number of hydrogen-bond acceptors (Lipinski definition) is 3. The Morgan fingerprint density at radius 3 is 2.62 bits per heavy atom. The molecule has 2 N–H and O–H groups in total. The van der Waals surface area contributed by atoms with Crippen LogP contribution in [0, 0.1) is 5.41 Å². The molecule has 1 aromatic carbocycles. The zero-order valence-electron chi connectivity index (χ0n) is 12.3. The second kappa shape index (κ2) is 5.97. The van der Waals surface area contributed by atoms with E-state index in [9.17, 15) is 15.0 Å². The van der Waals surface area contributed by atoms with Crippen molar-refractivity contribution in [2.24, 2.45) is 5.41 Å². The van der Waals surface area contributed by atoms with Gasteiger partial charge in [-0.1, -0.05) is 32.4 Å². The molecule has 1 aromatic rings. The van der Waals surface area contributed by atoms with Crippen molar-refractivity contribution in [1.82, 2.24) is 4.90 Å². The lowest BCUT2D eigenvalue weighted by Gasteiger charge is -2.36. The van der Waals surface area contributed by atoms with Gasteiger partial charge in [-0.05, 0) is 30.0 Å². The Hall–Kier alpha value is -1.07. The predicted octanol–water partition coefficient (Wildman–Crippen LogP) is 4.30. The first kappa shape index (κ1) is 16.3. The largest absolute Gasteiger partial charge is 0.508 e. The molecule has 4 nitrogen and oxygen atoms in total. The van der Waals surface area contributed by atoms with Gasteiger partial charge in [0, 0.05) is 16.7 Å². The molecule has 1 fully saturated rings. The molecule has 0 aliphatic carbocycles. The van der Waals surface area contributed by atoms with E-state index < -0.39 is 6.09 Å². The summed E-state index contributed by atoms with van der Waals surface area (Å²) in [5.41, 5.74) is -0.143. The van der Waals surface area contributed by atoms with Gasteiger partial charge in [-0.15, -0.1) is 11.8 Å². The standard InChI is InChI=1S/C15H20ClNO3S/c1-15(2,3)13-12(6-7-17(13)14(19)20)21-11-5-4-9(18)8-10(11)16/h4-5,8,12-13,18H,6-7H2,1-3H3,(H,19,20)/t12-,13?/m0/s1. The highest BCUT2D eigenvalue weighted by Gasteiger charge is 2.44. The minimum absolute atomic E-state index is 0.0649. The highest BCUT2D eigenvalue weighted by molar-refractivity contribution is 8.00. The molecule has 1 aliphatic rings. The summed E-state index contributed by atoms with van der Waals surface area (Å²) >= 11 is 7.75. The highest BCUT2D eigenvalue weighted by atomic mass is 35.5. The average Bonchev–Trinajstić information content (AvgIpc) is 2.76. The third-order valence-electron chi connectivity index (χ3n) is 3.67. The van der Waals surface area contributed by atoms with Gasteiger partial charge in [0.15, 0.2) is 0 Å². The Balaban J connectivity index is 2.24. The van der Waals surface area contributed by atoms with E-state index in [-0.39, 0.29) is 22.5 Å². The number of phenolic OH excluding ortho intramolecular Hbond substituents is 1. The van der Waals surface area contributed by atoms with Crippen LogP contribution in [-0.4, -0.2) is 39.0 Å². The van der Waals surface area contributed by atoms with Crippen LogP contribution in [0.4, 0.5) is 4.79 Å². The summed E-state index contributed by atoms with van der Waals surface area (Å²) in [6.45, 7) is 6.73. The molecule has 21 heavy (non-hydrogen) atoms. The van der Waals surface area contributed by atoms with Crippen LogP contribution >= 0.6 is 23.4 Å². The monoisotopic (exact) mass is 329 g/mol. The minimum atomic E-state index is -0.866. The third-order valence-corrected chi connectivity index (χ3v) is 5.50. The molecule has 0 radical (unpaired) electrons. The number of hydrogen-bond donors (Lipinski definition) is 2. The van der Waals surface area contributed by atoms with Crippen LogP contribution < -0.4 is 0 Å². The van der Waals surface area contributed by atoms with E-state index in [4.69, 9.17) is 11.6 Å². The first-order valence-corrected chi connectivity index (χ1v) is 8.10. The summed E-state index contributed by atoms with van der Waals surface area (Å²) in [4.78, 5) is 13.8. The zero-order valence-corrected chi connectivity index (χ0v) is 13.9. The number of carbonyl (C=O) groups is 1. The van der Waals surface area contributed by atoms with Gasteiger partial charge in [0.25, 0.3) is 0 Å². The Kier molecular flexibility index (Phi) is 4.63. The molecule has 116 valence electrons. The number of benzene rings is 1. The van der Waals surface area contributed by atoms with E-state index >= 15 is 0 Å². The van der Waals surface area contributed by atoms with Crippen molar-refractivity contribution in [2.45, 2.75) is 43.4 Å². The molecule has 1 heterocycles. The van der Waals surface area contributed by atoms with E-state index in [2.05, 4.69) is 20.8 Å². The van der Waals surface area contributed by atoms with Gasteiger partial charge in [-0.25, -0.2) is 4.79 Å². The van der Waals surface area contributed by atoms with Crippen LogP contribution in [0.25, 0.3) is 0 Å². The fourth-order valence-corrected chi connectivity index (χ4v) is 4.74. The smallest absolute Gasteiger partial charge is 0.407 e. The number of likely N-dealkylation sites (tertiary alicyclic amines) is 1. The van der Waals surface area contributed by atoms with E-state index in [1.54, 1.807) is 23.9 Å². The van der Waals surface area contributed by atoms with Gasteiger partial charge in [0.05, 0.1) is 11.1 Å². The topological polar surface area (TPSA) is 60.8 Å². The van der Waals surface area contributed by atoms with Crippen LogP contribution in [0.2, 0.25) is 5.02 Å². The molecule has 1 amide bonds. The first-order chi connectivity index (χ1) is 9.70. The average molecular weight is 330 g/mol. The van der Waals surface area contributed by atoms with E-state index in [0.29, 0.717) is 11.6 Å². The molecular weight excluding hydrogens is 310 g/mol. The molecule has 2 rings (SSSR count). The third kappa shape index (κ3) is 3.58. The lowest BCUT2D eigenvalue weighted by molar-refractivity contribution is 0.108. The predicted molar refractivity (Wildman–Crippen MR) is 85.4 cm³/mol. The second-order valence-corrected chi connectivity index (χ2v) is 8.03. The molecule has 1 saturated heterocycles. The van der Waals surface area contributed by atoms with Crippen molar-refractivity contribution >= 4 is 29.5 Å². The summed E-state index contributed by atoms with van der Waals surface area (Å²) < 4.78 is 0. The molecule has 1 aliphatic heterocycles. The maximum atomic E-state index is 11.4. The summed E-state index contributed by atoms with van der Waals surface area (Å²) in [7, 11) is 0. The molecule has 0 bridgehead atoms. The van der Waals surface area contributed by atoms with Gasteiger partial charge < -0.3 is 15.1 Å². The van der Waals surface area contributed by atoms with Gasteiger partial charge in [0.1, 0.15) is 5.75 Å². The first-order valence-electron chi connectivity index (χ1n) is 6.85. The molecular formula is C15H20ClNO3S. The van der Waals surface area contributed by atoms with E-state index in [1.165, 1.54) is 11.0 Å². The summed E-state index contributed by atoms with van der Waals surface area (Å²) in [5, 5.41) is 19.5. The molecule has 1 unspecified atom stereocenters. The van der Waals surface area contributed by atoms with E-state index in [1.807, 2.05) is 0 Å². The van der Waals surface area contributed by atoms with Crippen molar-refractivity contribution < 1.29 is 15.0 Å². The Labute approximate surface area is 134 Å². The molecule has 0 aromatic heterocycles. The highest BCUT2D eigenvalue weighted by Crippen LogP contribution is 2.43. The second-order valence-electron chi connectivity index (χ2n) is 6.35. The van der Waals surface area contributed by atoms with Crippen molar-refractivity contribution in [3.63, 3.8) is 0 Å². The van der Waals surface area contributed by atoms with Crippen LogP contribution in [0.5, 0.6) is 5.75 Å². The fourth-order valence-electron chi connectivity index (χ4n) is 2.88. The Morgan fingerprint density at radius 1 is 1.43 bits per heavy atom. The number of amides is 1. The van der Waals surface area contributed by atoms with Crippen molar-refractivity contribution in [2.75, 3.05) is 6.54 Å². The Bertz CT molecular complexity index is 544. The van der Waals surface area contributed by atoms with Crippen LogP contribution in [0.3, 0.4) is 0 Å². The lowest BCUT2D eigenvalue weighted by Crippen LogP contribution is -2.46. The maximum Gasteiger partial charge on any atom is 0.407 e. The SMILES string of the molecule is CC(C)(C)C1[C@@H](Sc2ccc(O)cc2Cl)CCN1C(=O)O. The van der Waals surface area contributed by atoms with Gasteiger partial charge in [-0.2, -0.15) is 0 Å². The molecule has 6 heteroatoms. The lowest BCUT2D eigenvalue weighted by atomic mass is 9.85. The van der Waals surface area contributed by atoms with Crippen LogP contribution in [0.15, 0.2) is 23.1 Å². The van der Waals surface area contributed by atoms with Crippen molar-refractivity contribution in [3.8, 4) is 5.75 Å². The van der Waals surface area contributed by atoms with Crippen LogP contribution in [0.1, 0.15) is 27.2 Å². The van der Waals surface area contributed by atoms with Gasteiger partial charge >= 0.3 is 6.09 Å². The summed E-state index contributed by atoms with van der Waals surface area (Å²) in [5.74, 6) is 0.135. The number of rotatable bonds is 2. The van der Waals surface area contributed by atoms with Crippen molar-refractivity contribution in [3.05, 3.63) is 23.2 Å². The zero-order chi connectivity index (χ0) is 15.8. The number of thioether (sulfide) groups is 1. The maximum absolute atomic E-state index is 11.4. The molecule has 0 saturated carbocycles. The number of nitrogens with zero attached hydrogens (tertiary/aromatic N) is 1. The molecule has 0 spiro atoms. The summed E-state index contributed by atoms with van der Waals surface area (Å²) in [6.07, 6.45) is -0.0642. The number of halogens is 1. The number of phenols is 1. The number of aromatic hydroxyl groups is 1. The Morgan fingerprint density at radius 2 is 2.10 bits per heavy atom. The van der Waals surface area contributed by atoms with Gasteiger partial charge in [0.2, 0.25) is 0 Å². The van der Waals surface area contributed by atoms with Gasteiger partial charge in [-0.3, -0.25) is 0 Å². The normalized spacial score (nSPS) is 22.6.